The molecule has 1 aromatic carbocycles. The normalized spacial score (nSPS) is 12.3. The van der Waals surface area contributed by atoms with Crippen LogP contribution in [0.1, 0.15) is 5.56 Å². The summed E-state index contributed by atoms with van der Waals surface area (Å²) in [6.07, 6.45) is -4.63. The van der Waals surface area contributed by atoms with Gasteiger partial charge in [-0.3, -0.25) is 4.72 Å². The number of sulfonamides is 1. The van der Waals surface area contributed by atoms with E-state index < -0.39 is 33.2 Å². The van der Waals surface area contributed by atoms with Crippen LogP contribution in [0.4, 0.5) is 18.9 Å². The number of hydrogen-bond acceptors (Lipinski definition) is 4. The topological polar surface area (TPSA) is 66.4 Å². The summed E-state index contributed by atoms with van der Waals surface area (Å²) in [5, 5.41) is 11.0. The lowest BCUT2D eigenvalue weighted by Gasteiger charge is -2.12. The van der Waals surface area contributed by atoms with Gasteiger partial charge in [-0.15, -0.1) is 11.3 Å². The van der Waals surface area contributed by atoms with Crippen molar-refractivity contribution in [2.24, 2.45) is 0 Å². The second-order valence-electron chi connectivity index (χ2n) is 3.77. The first kappa shape index (κ1) is 14.7. The van der Waals surface area contributed by atoms with Gasteiger partial charge < -0.3 is 5.11 Å². The number of thiophene rings is 1. The lowest BCUT2D eigenvalue weighted by Crippen LogP contribution is -2.13. The molecule has 0 fully saturated rings. The lowest BCUT2D eigenvalue weighted by atomic mass is 10.2. The van der Waals surface area contributed by atoms with E-state index in [2.05, 4.69) is 0 Å². The van der Waals surface area contributed by atoms with Crippen LogP contribution in [-0.2, 0) is 16.2 Å². The van der Waals surface area contributed by atoms with Gasteiger partial charge >= 0.3 is 6.18 Å². The Morgan fingerprint density at radius 1 is 1.20 bits per heavy atom. The molecule has 1 aromatic heterocycles. The molecule has 2 rings (SSSR count). The summed E-state index contributed by atoms with van der Waals surface area (Å²) < 4.78 is 63.3. The highest BCUT2D eigenvalue weighted by Gasteiger charge is 2.31. The van der Waals surface area contributed by atoms with E-state index in [0.29, 0.717) is 12.1 Å². The van der Waals surface area contributed by atoms with Crippen LogP contribution >= 0.6 is 11.3 Å². The Bertz CT molecular complexity index is 709. The minimum absolute atomic E-state index is 0.0608. The zero-order chi connectivity index (χ0) is 15.0. The maximum atomic E-state index is 12.5. The number of hydrogen-bond donors (Lipinski definition) is 2. The van der Waals surface area contributed by atoms with Crippen LogP contribution in [-0.4, -0.2) is 13.5 Å². The molecule has 108 valence electrons. The van der Waals surface area contributed by atoms with Crippen molar-refractivity contribution in [3.8, 4) is 5.75 Å². The molecule has 0 aliphatic carbocycles. The molecule has 9 heteroatoms. The summed E-state index contributed by atoms with van der Waals surface area (Å²) in [5.74, 6) is -0.585. The highest BCUT2D eigenvalue weighted by atomic mass is 32.2. The Morgan fingerprint density at radius 2 is 1.90 bits per heavy atom. The Morgan fingerprint density at radius 3 is 2.45 bits per heavy atom. The third-order valence-electron chi connectivity index (χ3n) is 2.33. The Kier molecular flexibility index (Phi) is 3.65. The number of nitrogens with one attached hydrogen (secondary N) is 1. The molecule has 0 amide bonds. The molecule has 2 aromatic rings. The average molecular weight is 323 g/mol. The molecule has 1 heterocycles. The van der Waals surface area contributed by atoms with Crippen molar-refractivity contribution in [3.05, 3.63) is 41.3 Å². The average Bonchev–Trinajstić information content (AvgIpc) is 2.84. The van der Waals surface area contributed by atoms with Gasteiger partial charge in [0.25, 0.3) is 10.0 Å². The van der Waals surface area contributed by atoms with Crippen LogP contribution < -0.4 is 4.72 Å². The molecule has 0 aliphatic heterocycles. The number of aromatic hydroxyl groups is 1. The predicted molar refractivity (Wildman–Crippen MR) is 68.2 cm³/mol. The maximum absolute atomic E-state index is 12.5. The molecule has 0 saturated carbocycles. The molecular formula is C11H8F3NO3S2. The second-order valence-corrected chi connectivity index (χ2v) is 6.62. The minimum atomic E-state index is -4.63. The second kappa shape index (κ2) is 4.98. The SMILES string of the molecule is O=S(=O)(Nc1cc(C(F)(F)F)ccc1O)c1cccs1. The number of anilines is 1. The van der Waals surface area contributed by atoms with E-state index in [9.17, 15) is 26.7 Å². The van der Waals surface area contributed by atoms with Gasteiger partial charge in [0.1, 0.15) is 9.96 Å². The zero-order valence-electron chi connectivity index (χ0n) is 9.68. The summed E-state index contributed by atoms with van der Waals surface area (Å²) >= 11 is 0.910. The van der Waals surface area contributed by atoms with Crippen LogP contribution in [0, 0.1) is 0 Å². The summed E-state index contributed by atoms with van der Waals surface area (Å²) in [4.78, 5) is 0. The Balaban J connectivity index is 2.39. The molecule has 4 nitrogen and oxygen atoms in total. The molecule has 2 N–H and O–H groups in total. The first-order chi connectivity index (χ1) is 9.20. The predicted octanol–water partition coefficient (Wildman–Crippen LogP) is 3.27. The molecule has 0 atom stereocenters. The highest BCUT2D eigenvalue weighted by molar-refractivity contribution is 7.94. The number of benzene rings is 1. The summed E-state index contributed by atoms with van der Waals surface area (Å²) in [7, 11) is -4.01. The summed E-state index contributed by atoms with van der Waals surface area (Å²) in [6.45, 7) is 0. The van der Waals surface area contributed by atoms with Crippen molar-refractivity contribution >= 4 is 27.0 Å². The van der Waals surface area contributed by atoms with E-state index in [-0.39, 0.29) is 4.21 Å². The first-order valence-corrected chi connectivity index (χ1v) is 7.53. The van der Waals surface area contributed by atoms with E-state index in [1.165, 1.54) is 17.5 Å². The van der Waals surface area contributed by atoms with Crippen molar-refractivity contribution in [2.75, 3.05) is 4.72 Å². The van der Waals surface area contributed by atoms with Crippen LogP contribution in [0.3, 0.4) is 0 Å². The number of phenolic OH excluding ortho intramolecular Hbond substituents is 1. The number of phenols is 1. The fraction of sp³-hybridized carbons (Fsp3) is 0.0909. The molecular weight excluding hydrogens is 315 g/mol. The van der Waals surface area contributed by atoms with E-state index in [0.717, 1.165) is 17.4 Å². The van der Waals surface area contributed by atoms with Crippen molar-refractivity contribution in [3.63, 3.8) is 0 Å². The largest absolute Gasteiger partial charge is 0.506 e. The van der Waals surface area contributed by atoms with Gasteiger partial charge in [-0.05, 0) is 29.6 Å². The standard InChI is InChI=1S/C11H8F3NO3S2/c12-11(13,14)7-3-4-9(16)8(6-7)15-20(17,18)10-2-1-5-19-10/h1-6,15-16H. The van der Waals surface area contributed by atoms with E-state index in [1.54, 1.807) is 0 Å². The third kappa shape index (κ3) is 3.05. The smallest absolute Gasteiger partial charge is 0.416 e. The van der Waals surface area contributed by atoms with E-state index >= 15 is 0 Å². The van der Waals surface area contributed by atoms with Crippen molar-refractivity contribution in [2.45, 2.75) is 10.4 Å². The minimum Gasteiger partial charge on any atom is -0.506 e. The highest BCUT2D eigenvalue weighted by Crippen LogP contribution is 2.35. The molecule has 0 aliphatic rings. The molecule has 20 heavy (non-hydrogen) atoms. The van der Waals surface area contributed by atoms with Crippen molar-refractivity contribution in [1.82, 2.24) is 0 Å². The van der Waals surface area contributed by atoms with Gasteiger partial charge in [-0.2, -0.15) is 13.2 Å². The summed E-state index contributed by atoms with van der Waals surface area (Å²) in [6, 6.07) is 4.79. The lowest BCUT2D eigenvalue weighted by molar-refractivity contribution is -0.137. The van der Waals surface area contributed by atoms with Crippen LogP contribution in [0.25, 0.3) is 0 Å². The van der Waals surface area contributed by atoms with Crippen molar-refractivity contribution in [1.29, 1.82) is 0 Å². The van der Waals surface area contributed by atoms with Gasteiger partial charge in [0.2, 0.25) is 0 Å². The van der Waals surface area contributed by atoms with Crippen LogP contribution in [0.5, 0.6) is 5.75 Å². The Hall–Kier alpha value is -1.74. The number of halogens is 3. The van der Waals surface area contributed by atoms with E-state index in [1.807, 2.05) is 4.72 Å². The van der Waals surface area contributed by atoms with Gasteiger partial charge in [0, 0.05) is 0 Å². The Labute approximate surface area is 116 Å². The molecule has 0 saturated heterocycles. The fourth-order valence-electron chi connectivity index (χ4n) is 1.41. The van der Waals surface area contributed by atoms with Crippen molar-refractivity contribution < 1.29 is 26.7 Å². The quantitative estimate of drug-likeness (QED) is 0.852. The fourth-order valence-corrected chi connectivity index (χ4v) is 3.46. The zero-order valence-corrected chi connectivity index (χ0v) is 11.3. The van der Waals surface area contributed by atoms with Gasteiger partial charge in [0.05, 0.1) is 11.3 Å². The maximum Gasteiger partial charge on any atom is 0.416 e. The number of rotatable bonds is 3. The third-order valence-corrected chi connectivity index (χ3v) is 5.09. The molecule has 0 unspecified atom stereocenters. The van der Waals surface area contributed by atoms with Gasteiger partial charge in [-0.1, -0.05) is 6.07 Å². The monoisotopic (exact) mass is 323 g/mol. The van der Waals surface area contributed by atoms with Gasteiger partial charge in [0.15, 0.2) is 0 Å². The number of alkyl halides is 3. The van der Waals surface area contributed by atoms with Crippen LogP contribution in [0.15, 0.2) is 39.9 Å². The molecule has 0 radical (unpaired) electrons. The summed E-state index contributed by atoms with van der Waals surface area (Å²) in [5.41, 5.74) is -1.58. The van der Waals surface area contributed by atoms with Crippen LogP contribution in [0.2, 0.25) is 0 Å². The molecule has 0 spiro atoms. The van der Waals surface area contributed by atoms with E-state index in [4.69, 9.17) is 0 Å². The molecule has 0 bridgehead atoms. The van der Waals surface area contributed by atoms with Gasteiger partial charge in [-0.25, -0.2) is 8.42 Å². The first-order valence-electron chi connectivity index (χ1n) is 5.17.